The number of carbonyl (C=O) groups excluding carboxylic acids is 1. The molecule has 1 saturated carbocycles. The van der Waals surface area contributed by atoms with E-state index in [4.69, 9.17) is 10.2 Å². The maximum atomic E-state index is 11.6. The number of carbonyl (C=O) groups is 1. The van der Waals surface area contributed by atoms with E-state index in [0.29, 0.717) is 11.1 Å². The van der Waals surface area contributed by atoms with Gasteiger partial charge in [0.2, 0.25) is 11.9 Å². The number of rotatable bonds is 2. The highest BCUT2D eigenvalue weighted by molar-refractivity contribution is 5.99. The minimum atomic E-state index is -0.0944. The van der Waals surface area contributed by atoms with Gasteiger partial charge in [-0.15, -0.1) is 0 Å². The fourth-order valence-corrected chi connectivity index (χ4v) is 2.35. The third-order valence-corrected chi connectivity index (χ3v) is 3.66. The van der Waals surface area contributed by atoms with E-state index in [0.717, 1.165) is 23.6 Å². The molecule has 1 amide bonds. The van der Waals surface area contributed by atoms with Crippen molar-refractivity contribution in [1.82, 2.24) is 10.3 Å². The summed E-state index contributed by atoms with van der Waals surface area (Å²) in [6.45, 7) is 0. The van der Waals surface area contributed by atoms with E-state index in [1.165, 1.54) is 0 Å². The first kappa shape index (κ1) is 12.8. The van der Waals surface area contributed by atoms with Gasteiger partial charge in [-0.25, -0.2) is 0 Å². The largest absolute Gasteiger partial charge is 0.422 e. The molecule has 4 rings (SSSR count). The Hall–Kier alpha value is -2.89. The molecule has 1 aliphatic rings. The van der Waals surface area contributed by atoms with E-state index in [1.54, 1.807) is 0 Å². The highest BCUT2D eigenvalue weighted by Crippen LogP contribution is 2.29. The minimum Gasteiger partial charge on any atom is -0.422 e. The summed E-state index contributed by atoms with van der Waals surface area (Å²) in [6.07, 6.45) is 1.82. The molecule has 1 fully saturated rings. The van der Waals surface area contributed by atoms with Gasteiger partial charge in [0.05, 0.1) is 0 Å². The zero-order chi connectivity index (χ0) is 15.1. The van der Waals surface area contributed by atoms with Gasteiger partial charge in [-0.3, -0.25) is 10.1 Å². The summed E-state index contributed by atoms with van der Waals surface area (Å²) in [5.74, 6) is -0.0150. The van der Waals surface area contributed by atoms with Crippen LogP contribution in [0.1, 0.15) is 12.8 Å². The van der Waals surface area contributed by atoms with Gasteiger partial charge in [-0.05, 0) is 35.7 Å². The van der Waals surface area contributed by atoms with Gasteiger partial charge in [0.1, 0.15) is 5.52 Å². The lowest BCUT2D eigenvalue weighted by molar-refractivity contribution is -0.120. The van der Waals surface area contributed by atoms with Crippen molar-refractivity contribution in [2.24, 2.45) is 16.6 Å². The van der Waals surface area contributed by atoms with E-state index < -0.39 is 0 Å². The number of benzene rings is 2. The highest BCUT2D eigenvalue weighted by atomic mass is 16.4. The molecule has 0 aliphatic heterocycles. The number of oxazole rings is 1. The second-order valence-electron chi connectivity index (χ2n) is 5.42. The van der Waals surface area contributed by atoms with Crippen LogP contribution in [0.15, 0.2) is 45.8 Å². The van der Waals surface area contributed by atoms with Crippen molar-refractivity contribution in [3.8, 4) is 0 Å². The maximum absolute atomic E-state index is 11.6. The summed E-state index contributed by atoms with van der Waals surface area (Å²) in [7, 11) is 0. The summed E-state index contributed by atoms with van der Waals surface area (Å²) >= 11 is 0. The number of amides is 1. The molecule has 0 spiro atoms. The van der Waals surface area contributed by atoms with E-state index in [1.807, 2.05) is 36.4 Å². The number of fused-ring (bicyclic) bond motifs is 2. The molecule has 22 heavy (non-hydrogen) atoms. The van der Waals surface area contributed by atoms with Gasteiger partial charge in [0.15, 0.2) is 5.58 Å². The molecule has 3 aromatic rings. The molecular weight excluding hydrogens is 280 g/mol. The second kappa shape index (κ2) is 4.84. The molecule has 6 heteroatoms. The zero-order valence-corrected chi connectivity index (χ0v) is 11.7. The lowest BCUT2D eigenvalue weighted by Gasteiger charge is -2.00. The van der Waals surface area contributed by atoms with Crippen LogP contribution in [0.25, 0.3) is 21.9 Å². The average molecular weight is 294 g/mol. The van der Waals surface area contributed by atoms with Crippen LogP contribution < -0.4 is 11.1 Å². The Labute approximate surface area is 126 Å². The predicted octanol–water partition coefficient (Wildman–Crippen LogP) is 2.45. The van der Waals surface area contributed by atoms with Crippen molar-refractivity contribution in [3.63, 3.8) is 0 Å². The van der Waals surface area contributed by atoms with E-state index in [-0.39, 0.29) is 23.8 Å². The molecule has 0 unspecified atom stereocenters. The Kier molecular flexibility index (Phi) is 2.82. The van der Waals surface area contributed by atoms with E-state index >= 15 is 0 Å². The minimum absolute atomic E-state index is 0.00742. The Morgan fingerprint density at radius 1 is 1.27 bits per heavy atom. The molecule has 0 atom stereocenters. The first-order chi connectivity index (χ1) is 10.7. The number of nitrogens with two attached hydrogens (primary N) is 1. The topological polar surface area (TPSA) is 93.5 Å². The Morgan fingerprint density at radius 2 is 2.00 bits per heavy atom. The fraction of sp³-hybridized carbons (Fsp3) is 0.188. The van der Waals surface area contributed by atoms with Crippen LogP contribution in [0.5, 0.6) is 0 Å². The van der Waals surface area contributed by atoms with Gasteiger partial charge >= 0.3 is 6.01 Å². The third-order valence-electron chi connectivity index (χ3n) is 3.66. The molecule has 0 bridgehead atoms. The van der Waals surface area contributed by atoms with Crippen LogP contribution in [0.4, 0.5) is 6.01 Å². The summed E-state index contributed by atoms with van der Waals surface area (Å²) in [4.78, 5) is 19.9. The first-order valence-electron chi connectivity index (χ1n) is 7.13. The number of hydrogen-bond donors (Lipinski definition) is 2. The van der Waals surface area contributed by atoms with Crippen LogP contribution >= 0.6 is 0 Å². The standard InChI is InChI=1S/C16H14N4O2/c17-15(19-14(21)9-5-6-9)20-16-18-12-7-10-3-1-2-4-11(10)8-13(12)22-16/h1-4,7-9H,5-6H2,(H3,17,18,19,20,21). The number of guanidine groups is 1. The number of aliphatic imine (C=N–C) groups is 1. The number of hydrogen-bond acceptors (Lipinski definition) is 4. The van der Waals surface area contributed by atoms with Crippen molar-refractivity contribution >= 4 is 39.8 Å². The lowest BCUT2D eigenvalue weighted by Crippen LogP contribution is -2.37. The molecule has 1 aromatic heterocycles. The first-order valence-corrected chi connectivity index (χ1v) is 7.13. The van der Waals surface area contributed by atoms with Crippen molar-refractivity contribution < 1.29 is 9.21 Å². The van der Waals surface area contributed by atoms with Gasteiger partial charge in [-0.1, -0.05) is 24.3 Å². The molecule has 0 radical (unpaired) electrons. The van der Waals surface area contributed by atoms with Crippen molar-refractivity contribution in [1.29, 1.82) is 0 Å². The lowest BCUT2D eigenvalue weighted by atomic mass is 10.1. The van der Waals surface area contributed by atoms with Gasteiger partial charge < -0.3 is 10.2 Å². The fourth-order valence-electron chi connectivity index (χ4n) is 2.35. The van der Waals surface area contributed by atoms with E-state index in [2.05, 4.69) is 15.3 Å². The molecular formula is C16H14N4O2. The van der Waals surface area contributed by atoms with E-state index in [9.17, 15) is 4.79 Å². The second-order valence-corrected chi connectivity index (χ2v) is 5.42. The normalized spacial score (nSPS) is 15.4. The molecule has 0 saturated heterocycles. The van der Waals surface area contributed by atoms with Gasteiger partial charge in [0.25, 0.3) is 0 Å². The Morgan fingerprint density at radius 3 is 2.73 bits per heavy atom. The SMILES string of the molecule is NC(=Nc1nc2cc3ccccc3cc2o1)NC(=O)C1CC1. The number of aromatic nitrogens is 1. The van der Waals surface area contributed by atoms with Crippen molar-refractivity contribution in [3.05, 3.63) is 36.4 Å². The van der Waals surface area contributed by atoms with Crippen LogP contribution in [-0.4, -0.2) is 16.9 Å². The number of nitrogens with one attached hydrogen (secondary N) is 1. The third kappa shape index (κ3) is 2.39. The van der Waals surface area contributed by atoms with Crippen LogP contribution in [0, 0.1) is 5.92 Å². The molecule has 1 aliphatic carbocycles. The quantitative estimate of drug-likeness (QED) is 0.560. The predicted molar refractivity (Wildman–Crippen MR) is 83.7 cm³/mol. The van der Waals surface area contributed by atoms with Crippen LogP contribution in [0.2, 0.25) is 0 Å². The monoisotopic (exact) mass is 294 g/mol. The molecule has 6 nitrogen and oxygen atoms in total. The Bertz CT molecular complexity index is 856. The Balaban J connectivity index is 1.66. The van der Waals surface area contributed by atoms with Gasteiger partial charge in [0, 0.05) is 5.92 Å². The molecule has 1 heterocycles. The maximum Gasteiger partial charge on any atom is 0.325 e. The summed E-state index contributed by atoms with van der Waals surface area (Å²) in [5.41, 5.74) is 7.06. The van der Waals surface area contributed by atoms with Crippen molar-refractivity contribution in [2.75, 3.05) is 0 Å². The van der Waals surface area contributed by atoms with Gasteiger partial charge in [-0.2, -0.15) is 9.98 Å². The molecule has 110 valence electrons. The summed E-state index contributed by atoms with van der Waals surface area (Å²) in [6, 6.07) is 11.9. The highest BCUT2D eigenvalue weighted by Gasteiger charge is 2.29. The van der Waals surface area contributed by atoms with Crippen LogP contribution in [0.3, 0.4) is 0 Å². The average Bonchev–Trinajstić information content (AvgIpc) is 3.26. The summed E-state index contributed by atoms with van der Waals surface area (Å²) in [5, 5.41) is 4.70. The smallest absolute Gasteiger partial charge is 0.325 e. The van der Waals surface area contributed by atoms with Crippen molar-refractivity contribution in [2.45, 2.75) is 12.8 Å². The zero-order valence-electron chi connectivity index (χ0n) is 11.7. The molecule has 3 N–H and O–H groups in total. The molecule has 2 aromatic carbocycles. The summed E-state index contributed by atoms with van der Waals surface area (Å²) < 4.78 is 5.57. The van der Waals surface area contributed by atoms with Crippen LogP contribution in [-0.2, 0) is 4.79 Å². The number of nitrogens with zero attached hydrogens (tertiary/aromatic N) is 2.